The van der Waals surface area contributed by atoms with Crippen LogP contribution in [-0.4, -0.2) is 71.9 Å². The molecule has 154 valence electrons. The van der Waals surface area contributed by atoms with Crippen molar-refractivity contribution in [3.05, 3.63) is 51.7 Å². The molecule has 1 aliphatic carbocycles. The van der Waals surface area contributed by atoms with Crippen molar-refractivity contribution < 1.29 is 29.6 Å². The van der Waals surface area contributed by atoms with Gasteiger partial charge in [0.1, 0.15) is 11.5 Å². The Balaban J connectivity index is 2.14. The van der Waals surface area contributed by atoms with Crippen LogP contribution in [0.1, 0.15) is 31.8 Å². The van der Waals surface area contributed by atoms with Crippen molar-refractivity contribution in [2.75, 3.05) is 51.0 Å². The van der Waals surface area contributed by atoms with Crippen molar-refractivity contribution in [2.45, 2.75) is 0 Å². The van der Waals surface area contributed by atoms with Gasteiger partial charge < -0.3 is 35.8 Å². The van der Waals surface area contributed by atoms with Gasteiger partial charge in [-0.1, -0.05) is 0 Å². The molecule has 0 aromatic heterocycles. The zero-order valence-electron chi connectivity index (χ0n) is 16.2. The lowest BCUT2D eigenvalue weighted by molar-refractivity contribution is -0.838. The van der Waals surface area contributed by atoms with Gasteiger partial charge in [-0.05, 0) is 24.3 Å². The van der Waals surface area contributed by atoms with E-state index in [2.05, 4.69) is 10.6 Å². The molecule has 1 aliphatic rings. The van der Waals surface area contributed by atoms with Crippen LogP contribution in [0.4, 0.5) is 11.4 Å². The van der Waals surface area contributed by atoms with Crippen LogP contribution >= 0.6 is 0 Å². The molecular formula is C20H23N3O6. The Labute approximate surface area is 167 Å². The molecule has 3 rings (SSSR count). The second-order valence-electron chi connectivity index (χ2n) is 7.30. The van der Waals surface area contributed by atoms with E-state index in [1.54, 1.807) is 12.1 Å². The number of carbonyl (C=O) groups excluding carboxylic acids is 2. The number of hydrogen-bond acceptors (Lipinski definition) is 8. The molecule has 0 radical (unpaired) electrons. The van der Waals surface area contributed by atoms with Crippen LogP contribution in [0.15, 0.2) is 24.3 Å². The predicted octanol–water partition coefficient (Wildman–Crippen LogP) is 1.26. The van der Waals surface area contributed by atoms with E-state index >= 15 is 0 Å². The van der Waals surface area contributed by atoms with E-state index in [4.69, 9.17) is 5.11 Å². The van der Waals surface area contributed by atoms with Gasteiger partial charge in [-0.2, -0.15) is 0 Å². The Bertz CT molecular complexity index is 981. The van der Waals surface area contributed by atoms with Gasteiger partial charge in [-0.15, -0.1) is 0 Å². The second kappa shape index (κ2) is 7.70. The fraction of sp³-hybridized carbons (Fsp3) is 0.300. The first kappa shape index (κ1) is 20.6. The van der Waals surface area contributed by atoms with E-state index in [0.717, 1.165) is 12.1 Å². The van der Waals surface area contributed by atoms with Gasteiger partial charge in [0.15, 0.2) is 0 Å². The van der Waals surface area contributed by atoms with E-state index in [-0.39, 0.29) is 48.5 Å². The van der Waals surface area contributed by atoms with Crippen molar-refractivity contribution in [1.82, 2.24) is 0 Å². The number of benzene rings is 2. The van der Waals surface area contributed by atoms with E-state index in [1.807, 2.05) is 0 Å². The molecule has 2 aromatic carbocycles. The maximum Gasteiger partial charge on any atom is 0.200 e. The molecule has 9 heteroatoms. The number of nitrogens with one attached hydrogen (secondary N) is 2. The predicted molar refractivity (Wildman–Crippen MR) is 107 cm³/mol. The zero-order valence-corrected chi connectivity index (χ0v) is 16.2. The minimum Gasteiger partial charge on any atom is -0.633 e. The first-order chi connectivity index (χ1) is 13.7. The fourth-order valence-electron chi connectivity index (χ4n) is 3.31. The summed E-state index contributed by atoms with van der Waals surface area (Å²) in [5.74, 6) is -2.04. The first-order valence-corrected chi connectivity index (χ1v) is 9.09. The summed E-state index contributed by atoms with van der Waals surface area (Å²) in [5, 5.41) is 47.2. The van der Waals surface area contributed by atoms with E-state index in [0.29, 0.717) is 11.4 Å². The molecule has 9 nitrogen and oxygen atoms in total. The number of phenols is 2. The van der Waals surface area contributed by atoms with Gasteiger partial charge in [0.25, 0.3) is 0 Å². The van der Waals surface area contributed by atoms with E-state index < -0.39 is 27.7 Å². The number of aliphatic hydroxyl groups is 1. The number of carbonyl (C=O) groups is 2. The van der Waals surface area contributed by atoms with Crippen LogP contribution in [0.2, 0.25) is 0 Å². The van der Waals surface area contributed by atoms with Crippen molar-refractivity contribution in [1.29, 1.82) is 0 Å². The van der Waals surface area contributed by atoms with Crippen molar-refractivity contribution in [3.63, 3.8) is 0 Å². The van der Waals surface area contributed by atoms with Gasteiger partial charge in [0.2, 0.25) is 11.6 Å². The molecule has 0 saturated heterocycles. The molecule has 0 fully saturated rings. The number of anilines is 2. The standard InChI is InChI=1S/C20H23N3O6/c1-23(2,29)9-7-21-11-3-4-12(22-8-10-24)16-15(11)19(27)17-13(25)5-6-14(26)18(17)20(16)28/h3-6,21-22,24-26H,7-10H2,1-2H3. The molecule has 29 heavy (non-hydrogen) atoms. The molecule has 0 heterocycles. The summed E-state index contributed by atoms with van der Waals surface area (Å²) < 4.78 is -0.532. The molecule has 0 amide bonds. The summed E-state index contributed by atoms with van der Waals surface area (Å²) >= 11 is 0. The highest BCUT2D eigenvalue weighted by Gasteiger charge is 2.37. The molecule has 0 unspecified atom stereocenters. The number of hydrogen-bond donors (Lipinski definition) is 5. The molecule has 0 atom stereocenters. The molecule has 0 saturated carbocycles. The fourth-order valence-corrected chi connectivity index (χ4v) is 3.31. The highest BCUT2D eigenvalue weighted by Crippen LogP contribution is 2.42. The summed E-state index contributed by atoms with van der Waals surface area (Å²) in [5.41, 5.74) is 0.232. The number of aromatic hydroxyl groups is 2. The van der Waals surface area contributed by atoms with Gasteiger partial charge in [0, 0.05) is 17.9 Å². The van der Waals surface area contributed by atoms with Crippen LogP contribution in [0.25, 0.3) is 0 Å². The van der Waals surface area contributed by atoms with Gasteiger partial charge in [0.05, 0.1) is 56.0 Å². The summed E-state index contributed by atoms with van der Waals surface area (Å²) in [6.07, 6.45) is 0. The Morgan fingerprint density at radius 2 is 1.28 bits per heavy atom. The zero-order chi connectivity index (χ0) is 21.3. The van der Waals surface area contributed by atoms with Crippen molar-refractivity contribution in [2.24, 2.45) is 0 Å². The average molecular weight is 401 g/mol. The van der Waals surface area contributed by atoms with Crippen LogP contribution in [0.3, 0.4) is 0 Å². The van der Waals surface area contributed by atoms with Crippen molar-refractivity contribution in [3.8, 4) is 11.5 Å². The van der Waals surface area contributed by atoms with Gasteiger partial charge >= 0.3 is 0 Å². The minimum absolute atomic E-state index is 0.0396. The first-order valence-electron chi connectivity index (χ1n) is 9.09. The maximum absolute atomic E-state index is 13.2. The largest absolute Gasteiger partial charge is 0.633 e. The molecule has 2 aromatic rings. The lowest BCUT2D eigenvalue weighted by Gasteiger charge is -2.34. The number of phenolic OH excluding ortho intramolecular Hbond substituents is 2. The summed E-state index contributed by atoms with van der Waals surface area (Å²) in [4.78, 5) is 26.4. The summed E-state index contributed by atoms with van der Waals surface area (Å²) in [7, 11) is 2.98. The third kappa shape index (κ3) is 3.88. The molecule has 0 bridgehead atoms. The van der Waals surface area contributed by atoms with Crippen LogP contribution < -0.4 is 10.6 Å². The van der Waals surface area contributed by atoms with Crippen LogP contribution in [-0.2, 0) is 0 Å². The molecule has 0 aliphatic heterocycles. The average Bonchev–Trinajstić information content (AvgIpc) is 2.65. The monoisotopic (exact) mass is 401 g/mol. The number of fused-ring (bicyclic) bond motifs is 2. The summed E-state index contributed by atoms with van der Waals surface area (Å²) in [6.45, 7) is 0.453. The Hall–Kier alpha value is -3.14. The number of aliphatic hydroxyl groups excluding tert-OH is 1. The minimum atomic E-state index is -0.618. The topological polar surface area (TPSA) is 142 Å². The lowest BCUT2D eigenvalue weighted by atomic mass is 9.81. The molecule has 5 N–H and O–H groups in total. The van der Waals surface area contributed by atoms with Crippen molar-refractivity contribution >= 4 is 22.9 Å². The number of quaternary nitrogens is 1. The number of rotatable bonds is 7. The number of likely N-dealkylation sites (N-methyl/N-ethyl adjacent to an activating group) is 1. The number of ketones is 2. The quantitative estimate of drug-likeness (QED) is 0.226. The van der Waals surface area contributed by atoms with Gasteiger partial charge in [-0.3, -0.25) is 9.59 Å². The van der Waals surface area contributed by atoms with Crippen LogP contribution in [0.5, 0.6) is 11.5 Å². The van der Waals surface area contributed by atoms with Crippen LogP contribution in [0, 0.1) is 5.21 Å². The SMILES string of the molecule is C[N+](C)([O-])CCNc1ccc(NCCO)c2c1C(=O)c1c(O)ccc(O)c1C2=O. The Morgan fingerprint density at radius 1 is 0.828 bits per heavy atom. The normalized spacial score (nSPS) is 13.1. The van der Waals surface area contributed by atoms with Gasteiger partial charge in [-0.25, -0.2) is 0 Å². The highest BCUT2D eigenvalue weighted by molar-refractivity contribution is 6.33. The lowest BCUT2D eigenvalue weighted by Crippen LogP contribution is -2.37. The number of hydroxylamine groups is 3. The number of nitrogens with zero attached hydrogens (tertiary/aromatic N) is 1. The molecule has 0 spiro atoms. The third-order valence-corrected chi connectivity index (χ3v) is 4.67. The Kier molecular flexibility index (Phi) is 5.47. The smallest absolute Gasteiger partial charge is 0.200 e. The third-order valence-electron chi connectivity index (χ3n) is 4.67. The van der Waals surface area contributed by atoms with E-state index in [9.17, 15) is 25.0 Å². The van der Waals surface area contributed by atoms with E-state index in [1.165, 1.54) is 14.1 Å². The highest BCUT2D eigenvalue weighted by atomic mass is 16.5. The maximum atomic E-state index is 13.2. The molecular weight excluding hydrogens is 378 g/mol. The Morgan fingerprint density at radius 3 is 1.69 bits per heavy atom. The second-order valence-corrected chi connectivity index (χ2v) is 7.30. The summed E-state index contributed by atoms with van der Waals surface area (Å²) in [6, 6.07) is 5.49.